The van der Waals surface area contributed by atoms with Gasteiger partial charge in [-0.2, -0.15) is 0 Å². The molecule has 0 spiro atoms. The third-order valence-corrected chi connectivity index (χ3v) is 6.60. The van der Waals surface area contributed by atoms with Crippen molar-refractivity contribution >= 4 is 56.7 Å². The normalized spacial score (nSPS) is 11.0. The van der Waals surface area contributed by atoms with Crippen LogP contribution in [0.3, 0.4) is 0 Å². The van der Waals surface area contributed by atoms with Crippen molar-refractivity contribution in [1.82, 2.24) is 9.97 Å². The molecule has 4 nitrogen and oxygen atoms in total. The fraction of sp³-hybridized carbons (Fsp3) is 0.278. The quantitative estimate of drug-likeness (QED) is 0.488. The summed E-state index contributed by atoms with van der Waals surface area (Å²) in [6.45, 7) is 6.07. The molecule has 0 saturated carbocycles. The van der Waals surface area contributed by atoms with Crippen molar-refractivity contribution in [2.24, 2.45) is 0 Å². The molecule has 1 aromatic carbocycles. The molecule has 0 bridgehead atoms. The fourth-order valence-electron chi connectivity index (χ4n) is 2.45. The van der Waals surface area contributed by atoms with Crippen molar-refractivity contribution in [2.45, 2.75) is 30.7 Å². The maximum atomic E-state index is 12.3. The molecule has 0 unspecified atom stereocenters. The molecule has 0 aliphatic carbocycles. The molecule has 3 rings (SSSR count). The van der Waals surface area contributed by atoms with Gasteiger partial charge in [-0.05, 0) is 50.8 Å². The Balaban J connectivity index is 1.75. The predicted molar refractivity (Wildman–Crippen MR) is 109 cm³/mol. The molecule has 7 heteroatoms. The first-order valence-corrected chi connectivity index (χ1v) is 10.8. The number of amides is 1. The highest BCUT2D eigenvalue weighted by molar-refractivity contribution is 8.00. The van der Waals surface area contributed by atoms with Crippen LogP contribution < -0.4 is 5.32 Å². The number of aromatic nitrogens is 2. The van der Waals surface area contributed by atoms with Crippen LogP contribution in [0.15, 0.2) is 34.2 Å². The maximum absolute atomic E-state index is 12.3. The van der Waals surface area contributed by atoms with Gasteiger partial charge in [0, 0.05) is 20.8 Å². The van der Waals surface area contributed by atoms with E-state index in [1.54, 1.807) is 23.1 Å². The Bertz CT molecular complexity index is 937. The number of hydrogen-bond acceptors (Lipinski definition) is 6. The number of carbonyl (C=O) groups is 1. The molecule has 2 heterocycles. The number of anilines is 1. The Labute approximate surface area is 159 Å². The molecule has 0 aliphatic heterocycles. The molecule has 3 aromatic rings. The van der Waals surface area contributed by atoms with Gasteiger partial charge in [-0.25, -0.2) is 9.97 Å². The number of fused-ring (bicyclic) bond motifs is 1. The molecule has 0 radical (unpaired) electrons. The Morgan fingerprint density at radius 1 is 1.24 bits per heavy atom. The van der Waals surface area contributed by atoms with Crippen molar-refractivity contribution in [3.8, 4) is 0 Å². The topological polar surface area (TPSA) is 54.9 Å². The molecule has 130 valence electrons. The van der Waals surface area contributed by atoms with Crippen LogP contribution in [-0.4, -0.2) is 27.9 Å². The molecule has 1 amide bonds. The van der Waals surface area contributed by atoms with E-state index in [1.807, 2.05) is 37.4 Å². The summed E-state index contributed by atoms with van der Waals surface area (Å²) in [7, 11) is 0. The van der Waals surface area contributed by atoms with Gasteiger partial charge in [0.2, 0.25) is 5.91 Å². The SMILES string of the molecule is CSc1cccc(NC(=O)CSc2nc(C)nc3sc(C)c(C)c23)c1. The van der Waals surface area contributed by atoms with Crippen molar-refractivity contribution in [2.75, 3.05) is 17.3 Å². The van der Waals surface area contributed by atoms with Crippen LogP contribution in [0.5, 0.6) is 0 Å². The van der Waals surface area contributed by atoms with Gasteiger partial charge >= 0.3 is 0 Å². The van der Waals surface area contributed by atoms with Gasteiger partial charge < -0.3 is 5.32 Å². The van der Waals surface area contributed by atoms with Crippen LogP contribution in [-0.2, 0) is 4.79 Å². The summed E-state index contributed by atoms with van der Waals surface area (Å²) in [6, 6.07) is 7.86. The lowest BCUT2D eigenvalue weighted by atomic mass is 10.2. The molecule has 25 heavy (non-hydrogen) atoms. The smallest absolute Gasteiger partial charge is 0.234 e. The summed E-state index contributed by atoms with van der Waals surface area (Å²) in [5.74, 6) is 1.03. The van der Waals surface area contributed by atoms with Crippen LogP contribution in [0.4, 0.5) is 5.69 Å². The monoisotopic (exact) mass is 389 g/mol. The van der Waals surface area contributed by atoms with E-state index in [-0.39, 0.29) is 5.91 Å². The third kappa shape index (κ3) is 4.16. The molecular weight excluding hydrogens is 370 g/mol. The lowest BCUT2D eigenvalue weighted by molar-refractivity contribution is -0.113. The van der Waals surface area contributed by atoms with Crippen molar-refractivity contribution < 1.29 is 4.79 Å². The Morgan fingerprint density at radius 3 is 2.80 bits per heavy atom. The zero-order valence-corrected chi connectivity index (χ0v) is 17.0. The number of rotatable bonds is 5. The summed E-state index contributed by atoms with van der Waals surface area (Å²) < 4.78 is 0. The maximum Gasteiger partial charge on any atom is 0.234 e. The van der Waals surface area contributed by atoms with E-state index in [1.165, 1.54) is 22.2 Å². The third-order valence-electron chi connectivity index (χ3n) is 3.80. The Hall–Kier alpha value is -1.57. The minimum Gasteiger partial charge on any atom is -0.325 e. The van der Waals surface area contributed by atoms with Gasteiger partial charge in [0.15, 0.2) is 0 Å². The van der Waals surface area contributed by atoms with Crippen LogP contribution in [0.2, 0.25) is 0 Å². The molecule has 2 aromatic heterocycles. The van der Waals surface area contributed by atoms with Crippen LogP contribution >= 0.6 is 34.9 Å². The van der Waals surface area contributed by atoms with E-state index in [2.05, 4.69) is 29.1 Å². The van der Waals surface area contributed by atoms with Crippen LogP contribution in [0, 0.1) is 20.8 Å². The molecule has 0 saturated heterocycles. The molecular formula is C18H19N3OS3. The van der Waals surface area contributed by atoms with E-state index in [4.69, 9.17) is 0 Å². The number of thioether (sulfide) groups is 2. The number of aryl methyl sites for hydroxylation is 3. The number of hydrogen-bond donors (Lipinski definition) is 1. The lowest BCUT2D eigenvalue weighted by Gasteiger charge is -2.07. The summed E-state index contributed by atoms with van der Waals surface area (Å²) in [5.41, 5.74) is 2.03. The first-order valence-electron chi connectivity index (χ1n) is 7.79. The number of nitrogens with zero attached hydrogens (tertiary/aromatic N) is 2. The van der Waals surface area contributed by atoms with Gasteiger partial charge in [0.25, 0.3) is 0 Å². The summed E-state index contributed by atoms with van der Waals surface area (Å²) >= 11 is 4.80. The second kappa shape index (κ2) is 7.76. The highest BCUT2D eigenvalue weighted by Gasteiger charge is 2.15. The number of nitrogens with one attached hydrogen (secondary N) is 1. The van der Waals surface area contributed by atoms with Crippen LogP contribution in [0.25, 0.3) is 10.2 Å². The summed E-state index contributed by atoms with van der Waals surface area (Å²) in [4.78, 5) is 24.8. The van der Waals surface area contributed by atoms with Gasteiger partial charge in [-0.1, -0.05) is 17.8 Å². The minimum absolute atomic E-state index is 0.0303. The fourth-order valence-corrected chi connectivity index (χ4v) is 4.98. The summed E-state index contributed by atoms with van der Waals surface area (Å²) in [6.07, 6.45) is 2.02. The highest BCUT2D eigenvalue weighted by Crippen LogP contribution is 2.35. The second-order valence-electron chi connectivity index (χ2n) is 5.61. The standard InChI is InChI=1S/C18H19N3OS3/c1-10-11(2)25-18-16(10)17(19-12(3)20-18)24-9-15(22)21-13-6-5-7-14(8-13)23-4/h5-8H,9H2,1-4H3,(H,21,22). The van der Waals surface area contributed by atoms with E-state index >= 15 is 0 Å². The Morgan fingerprint density at radius 2 is 2.04 bits per heavy atom. The van der Waals surface area contributed by atoms with Gasteiger partial charge in [-0.15, -0.1) is 23.1 Å². The zero-order valence-electron chi connectivity index (χ0n) is 14.5. The highest BCUT2D eigenvalue weighted by atomic mass is 32.2. The van der Waals surface area contributed by atoms with Crippen molar-refractivity contribution in [3.05, 3.63) is 40.5 Å². The first-order chi connectivity index (χ1) is 12.0. The van der Waals surface area contributed by atoms with Crippen LogP contribution in [0.1, 0.15) is 16.3 Å². The predicted octanol–water partition coefficient (Wildman–Crippen LogP) is 5.07. The van der Waals surface area contributed by atoms with Gasteiger partial charge in [0.05, 0.1) is 5.75 Å². The van der Waals surface area contributed by atoms with E-state index in [0.29, 0.717) is 5.75 Å². The minimum atomic E-state index is -0.0303. The first kappa shape index (κ1) is 18.2. The molecule has 1 N–H and O–H groups in total. The van der Waals surface area contributed by atoms with E-state index in [9.17, 15) is 4.79 Å². The van der Waals surface area contributed by atoms with Crippen molar-refractivity contribution in [3.63, 3.8) is 0 Å². The average Bonchev–Trinajstić information content (AvgIpc) is 2.87. The van der Waals surface area contributed by atoms with E-state index in [0.717, 1.165) is 31.6 Å². The molecule has 0 atom stereocenters. The second-order valence-corrected chi connectivity index (χ2v) is 8.66. The zero-order chi connectivity index (χ0) is 18.0. The summed E-state index contributed by atoms with van der Waals surface area (Å²) in [5, 5.41) is 4.92. The van der Waals surface area contributed by atoms with Gasteiger partial charge in [-0.3, -0.25) is 4.79 Å². The largest absolute Gasteiger partial charge is 0.325 e. The molecule has 0 aliphatic rings. The number of thiophene rings is 1. The van der Waals surface area contributed by atoms with Crippen molar-refractivity contribution in [1.29, 1.82) is 0 Å². The van der Waals surface area contributed by atoms with E-state index < -0.39 is 0 Å². The lowest BCUT2D eigenvalue weighted by Crippen LogP contribution is -2.14. The Kier molecular flexibility index (Phi) is 5.66. The average molecular weight is 390 g/mol. The number of benzene rings is 1. The number of carbonyl (C=O) groups excluding carboxylic acids is 1. The molecule has 0 fully saturated rings. The van der Waals surface area contributed by atoms with Gasteiger partial charge in [0.1, 0.15) is 15.7 Å².